The van der Waals surface area contributed by atoms with Crippen molar-refractivity contribution in [3.05, 3.63) is 71.4 Å². The van der Waals surface area contributed by atoms with Crippen LogP contribution < -0.4 is 10.2 Å². The molecule has 4 rings (SSSR count). The summed E-state index contributed by atoms with van der Waals surface area (Å²) < 4.78 is 31.7. The van der Waals surface area contributed by atoms with E-state index in [2.05, 4.69) is 64.8 Å². The first kappa shape index (κ1) is 34.8. The lowest BCUT2D eigenvalue weighted by Crippen LogP contribution is -2.40. The average molecular weight is 620 g/mol. The van der Waals surface area contributed by atoms with Gasteiger partial charge < -0.3 is 15.1 Å². The smallest absolute Gasteiger partial charge is 0.276 e. The maximum atomic E-state index is 15.8. The van der Waals surface area contributed by atoms with E-state index in [1.54, 1.807) is 18.2 Å². The highest BCUT2D eigenvalue weighted by Gasteiger charge is 2.42. The fourth-order valence-corrected chi connectivity index (χ4v) is 6.71. The third-order valence-corrected chi connectivity index (χ3v) is 9.42. The molecule has 0 radical (unpaired) electrons. The molecule has 1 saturated heterocycles. The topological polar surface area (TPSA) is 44.3 Å². The van der Waals surface area contributed by atoms with Gasteiger partial charge in [-0.15, -0.1) is 11.7 Å². The van der Waals surface area contributed by atoms with Gasteiger partial charge in [0.2, 0.25) is 0 Å². The van der Waals surface area contributed by atoms with Crippen molar-refractivity contribution in [2.75, 3.05) is 42.9 Å². The Hall–Kier alpha value is -3.06. The number of nitrogens with zero attached hydrogens (tertiary/aromatic N) is 4. The van der Waals surface area contributed by atoms with Gasteiger partial charge in [-0.3, -0.25) is 0 Å². The predicted octanol–water partition coefficient (Wildman–Crippen LogP) is 9.82. The van der Waals surface area contributed by atoms with Gasteiger partial charge in [0.15, 0.2) is 5.82 Å². The lowest BCUT2D eigenvalue weighted by atomic mass is 9.86. The van der Waals surface area contributed by atoms with Crippen molar-refractivity contribution in [1.82, 2.24) is 15.1 Å². The Bertz CT molecular complexity index is 1370. The monoisotopic (exact) mass is 619 g/mol. The van der Waals surface area contributed by atoms with Crippen LogP contribution >= 0.6 is 0 Å². The number of hydrogen-bond donors (Lipinski definition) is 1. The van der Waals surface area contributed by atoms with E-state index in [1.807, 2.05) is 19.1 Å². The van der Waals surface area contributed by atoms with Gasteiger partial charge in [0.25, 0.3) is 5.92 Å². The first-order valence-corrected chi connectivity index (χ1v) is 17.3. The highest BCUT2D eigenvalue weighted by atomic mass is 19.3. The van der Waals surface area contributed by atoms with E-state index in [4.69, 9.17) is 0 Å². The minimum atomic E-state index is -2.85. The quantitative estimate of drug-likeness (QED) is 0.113. The summed E-state index contributed by atoms with van der Waals surface area (Å²) in [5.41, 5.74) is 4.19. The molecule has 1 aliphatic heterocycles. The van der Waals surface area contributed by atoms with Crippen LogP contribution in [0, 0.1) is 19.8 Å². The van der Waals surface area contributed by atoms with Crippen LogP contribution in [0.1, 0.15) is 100 Å². The van der Waals surface area contributed by atoms with Crippen LogP contribution in [0.5, 0.6) is 0 Å². The first-order chi connectivity index (χ1) is 21.8. The largest absolute Gasteiger partial charge is 0.371 e. The molecule has 0 aliphatic carbocycles. The number of aryl methyl sites for hydroxylation is 2. The zero-order valence-electron chi connectivity index (χ0n) is 28.2. The maximum absolute atomic E-state index is 15.8. The first-order valence-electron chi connectivity index (χ1n) is 17.3. The molecule has 0 bridgehead atoms. The lowest BCUT2D eigenvalue weighted by Gasteiger charge is -2.36. The summed E-state index contributed by atoms with van der Waals surface area (Å²) in [7, 11) is 0. The summed E-state index contributed by atoms with van der Waals surface area (Å²) in [6.45, 7) is 17.3. The number of nitrogens with one attached hydrogen (secondary N) is 1. The van der Waals surface area contributed by atoms with Crippen LogP contribution in [0.25, 0.3) is 10.8 Å². The van der Waals surface area contributed by atoms with E-state index in [9.17, 15) is 0 Å². The van der Waals surface area contributed by atoms with E-state index in [0.717, 1.165) is 67.6 Å². The molecule has 0 saturated carbocycles. The van der Waals surface area contributed by atoms with Gasteiger partial charge >= 0.3 is 0 Å². The Morgan fingerprint density at radius 3 is 2.44 bits per heavy atom. The van der Waals surface area contributed by atoms with Crippen molar-refractivity contribution in [3.8, 4) is 0 Å². The number of aromatic nitrogens is 2. The van der Waals surface area contributed by atoms with Gasteiger partial charge in [0.1, 0.15) is 0 Å². The summed E-state index contributed by atoms with van der Waals surface area (Å²) >= 11 is 0. The fraction of sp³-hybridized carbons (Fsp3) is 0.579. The molecule has 1 aliphatic rings. The second kappa shape index (κ2) is 17.0. The summed E-state index contributed by atoms with van der Waals surface area (Å²) in [5.74, 6) is -2.80. The van der Waals surface area contributed by atoms with Crippen molar-refractivity contribution in [3.63, 3.8) is 0 Å². The van der Waals surface area contributed by atoms with E-state index >= 15 is 8.78 Å². The Morgan fingerprint density at radius 2 is 1.71 bits per heavy atom. The molecule has 1 fully saturated rings. The minimum Gasteiger partial charge on any atom is -0.371 e. The van der Waals surface area contributed by atoms with E-state index in [-0.39, 0.29) is 5.56 Å². The lowest BCUT2D eigenvalue weighted by molar-refractivity contribution is -0.0855. The molecule has 246 valence electrons. The predicted molar refractivity (Wildman–Crippen MR) is 187 cm³/mol. The molecule has 2 aromatic carbocycles. The molecule has 0 unspecified atom stereocenters. The molecule has 0 atom stereocenters. The number of hydrogen-bond acceptors (Lipinski definition) is 5. The van der Waals surface area contributed by atoms with Crippen LogP contribution in [0.4, 0.5) is 20.3 Å². The normalized spacial score (nSPS) is 14.6. The molecule has 0 amide bonds. The third-order valence-electron chi connectivity index (χ3n) is 9.42. The highest BCUT2D eigenvalue weighted by molar-refractivity contribution is 5.96. The Morgan fingerprint density at radius 1 is 0.956 bits per heavy atom. The zero-order valence-corrected chi connectivity index (χ0v) is 28.2. The average Bonchev–Trinajstić information content (AvgIpc) is 3.05. The van der Waals surface area contributed by atoms with Gasteiger partial charge in [-0.25, -0.2) is 8.78 Å². The molecular weight excluding hydrogens is 564 g/mol. The Kier molecular flexibility index (Phi) is 13.2. The maximum Gasteiger partial charge on any atom is 0.276 e. The molecule has 5 nitrogen and oxygen atoms in total. The summed E-state index contributed by atoms with van der Waals surface area (Å²) in [4.78, 5) is 4.79. The highest BCUT2D eigenvalue weighted by Crippen LogP contribution is 2.42. The van der Waals surface area contributed by atoms with Crippen molar-refractivity contribution >= 4 is 22.3 Å². The van der Waals surface area contributed by atoms with Crippen LogP contribution in [0.2, 0.25) is 0 Å². The molecule has 7 heteroatoms. The molecule has 45 heavy (non-hydrogen) atoms. The van der Waals surface area contributed by atoms with Crippen LogP contribution in [-0.2, 0) is 12.5 Å². The van der Waals surface area contributed by atoms with Gasteiger partial charge in [-0.2, -0.15) is 5.10 Å². The van der Waals surface area contributed by atoms with Crippen LogP contribution in [-0.4, -0.2) is 47.8 Å². The molecule has 2 heterocycles. The second-order valence-electron chi connectivity index (χ2n) is 12.9. The number of benzene rings is 2. The molecular formula is C38H55F2N5. The Balaban J connectivity index is 1.42. The fourth-order valence-electron chi connectivity index (χ4n) is 6.71. The SMILES string of the molecule is C=CCCN(CCC)c1cc2c(NCc3cccc(C(F)(F)C4CCN(CCCCCCCC)CC4)c3)nnc(C)c2cc1C. The van der Waals surface area contributed by atoms with Gasteiger partial charge in [-0.05, 0) is 94.9 Å². The summed E-state index contributed by atoms with van der Waals surface area (Å²) in [6.07, 6.45) is 12.6. The molecule has 1 aromatic heterocycles. The van der Waals surface area contributed by atoms with Crippen molar-refractivity contribution < 1.29 is 8.78 Å². The van der Waals surface area contributed by atoms with E-state index in [0.29, 0.717) is 25.2 Å². The summed E-state index contributed by atoms with van der Waals surface area (Å²) in [6, 6.07) is 11.3. The Labute approximate surface area is 270 Å². The zero-order chi connectivity index (χ0) is 32.2. The number of unbranched alkanes of at least 4 members (excludes halogenated alkanes) is 5. The minimum absolute atomic E-state index is 0.117. The van der Waals surface area contributed by atoms with Crippen molar-refractivity contribution in [2.45, 2.75) is 104 Å². The van der Waals surface area contributed by atoms with E-state index < -0.39 is 11.8 Å². The third kappa shape index (κ3) is 9.25. The molecule has 1 N–H and O–H groups in total. The second-order valence-corrected chi connectivity index (χ2v) is 12.9. The summed E-state index contributed by atoms with van der Waals surface area (Å²) in [5, 5.41) is 14.4. The number of rotatable bonds is 18. The molecule has 0 spiro atoms. The van der Waals surface area contributed by atoms with Crippen LogP contribution in [0.15, 0.2) is 49.1 Å². The molecule has 3 aromatic rings. The van der Waals surface area contributed by atoms with Crippen molar-refractivity contribution in [1.29, 1.82) is 0 Å². The van der Waals surface area contributed by atoms with Gasteiger partial charge in [-0.1, -0.05) is 70.2 Å². The number of likely N-dealkylation sites (tertiary alicyclic amines) is 1. The van der Waals surface area contributed by atoms with Gasteiger partial charge in [0, 0.05) is 47.6 Å². The number of alkyl halides is 2. The van der Waals surface area contributed by atoms with Crippen LogP contribution in [0.3, 0.4) is 0 Å². The van der Waals surface area contributed by atoms with Crippen molar-refractivity contribution in [2.24, 2.45) is 5.92 Å². The standard InChI is InChI=1S/C38H55F2N5/c1-6-9-11-12-13-14-21-44-23-18-32(19-24-44)38(39,40)33-17-15-16-31(26-33)28-41-37-35-27-36(45(20-8-3)22-10-7-2)29(4)25-34(35)30(5)42-43-37/h7,15-17,25-27,32H,2,6,8-14,18-24,28H2,1,3-5H3,(H,41,43). The number of halogens is 2. The number of fused-ring (bicyclic) bond motifs is 1. The number of piperidine rings is 1. The van der Waals surface area contributed by atoms with Gasteiger partial charge in [0.05, 0.1) is 5.69 Å². The van der Waals surface area contributed by atoms with E-state index in [1.165, 1.54) is 49.8 Å². The number of anilines is 2.